The second-order valence-electron chi connectivity index (χ2n) is 6.07. The van der Waals surface area contributed by atoms with E-state index in [1.54, 1.807) is 13.1 Å². The Balaban J connectivity index is 1.74. The summed E-state index contributed by atoms with van der Waals surface area (Å²) in [6, 6.07) is 17.9. The summed E-state index contributed by atoms with van der Waals surface area (Å²) in [6.07, 6.45) is 4.94. The van der Waals surface area contributed by atoms with E-state index in [2.05, 4.69) is 20.8 Å². The van der Waals surface area contributed by atoms with Crippen LogP contribution in [0.4, 0.5) is 14.9 Å². The molecule has 0 saturated carbocycles. The zero-order valence-corrected chi connectivity index (χ0v) is 17.1. The minimum atomic E-state index is -0.509. The number of carbonyl (C=O) groups excluding carboxylic acids is 1. The molecule has 0 unspecified atom stereocenters. The standard InChI is InChI=1S/C22H22N4O2S/c1-3-28-22(27)25-20-19(18-13-11-16(2)12-14-18)24-21(29-20)26-23-15-7-10-17-8-5-4-6-9-17/h4-15H,3H2,1-2H3,(H,24,26)(H,25,27)/b10-7+,23-15+. The molecule has 148 valence electrons. The van der Waals surface area contributed by atoms with Gasteiger partial charge in [0.15, 0.2) is 0 Å². The summed E-state index contributed by atoms with van der Waals surface area (Å²) in [4.78, 5) is 16.5. The van der Waals surface area contributed by atoms with Crippen LogP contribution in [0.3, 0.4) is 0 Å². The summed E-state index contributed by atoms with van der Waals surface area (Å²) in [5.41, 5.74) is 6.72. The Labute approximate surface area is 174 Å². The van der Waals surface area contributed by atoms with Crippen LogP contribution in [0.25, 0.3) is 17.3 Å². The van der Waals surface area contributed by atoms with Gasteiger partial charge in [-0.05, 0) is 25.5 Å². The minimum Gasteiger partial charge on any atom is -0.450 e. The SMILES string of the molecule is CCOC(=O)Nc1sc(N/N=C/C=C/c2ccccc2)nc1-c1ccc(C)cc1. The second-order valence-corrected chi connectivity index (χ2v) is 7.07. The van der Waals surface area contributed by atoms with Crippen molar-refractivity contribution in [2.24, 2.45) is 5.10 Å². The molecule has 0 aliphatic heterocycles. The number of nitrogens with zero attached hydrogens (tertiary/aromatic N) is 2. The highest BCUT2D eigenvalue weighted by Gasteiger charge is 2.16. The number of benzene rings is 2. The van der Waals surface area contributed by atoms with Gasteiger partial charge in [0, 0.05) is 11.8 Å². The van der Waals surface area contributed by atoms with Crippen LogP contribution in [0.5, 0.6) is 0 Å². The lowest BCUT2D eigenvalue weighted by Crippen LogP contribution is -2.12. The van der Waals surface area contributed by atoms with Gasteiger partial charge in [-0.25, -0.2) is 9.78 Å². The van der Waals surface area contributed by atoms with Crippen LogP contribution < -0.4 is 10.7 Å². The van der Waals surface area contributed by atoms with E-state index in [9.17, 15) is 4.79 Å². The average molecular weight is 407 g/mol. The van der Waals surface area contributed by atoms with E-state index < -0.39 is 6.09 Å². The molecule has 0 fully saturated rings. The van der Waals surface area contributed by atoms with Crippen molar-refractivity contribution in [2.75, 3.05) is 17.3 Å². The molecule has 1 amide bonds. The number of hydrogen-bond acceptors (Lipinski definition) is 6. The fraction of sp³-hybridized carbons (Fsp3) is 0.136. The van der Waals surface area contributed by atoms with E-state index in [1.165, 1.54) is 11.3 Å². The largest absolute Gasteiger partial charge is 0.450 e. The predicted octanol–water partition coefficient (Wildman–Crippen LogP) is 5.80. The van der Waals surface area contributed by atoms with Gasteiger partial charge in [-0.3, -0.25) is 10.7 Å². The number of aromatic nitrogens is 1. The lowest BCUT2D eigenvalue weighted by atomic mass is 10.1. The minimum absolute atomic E-state index is 0.299. The Hall–Kier alpha value is -3.45. The van der Waals surface area contributed by atoms with Crippen LogP contribution in [-0.4, -0.2) is 23.9 Å². The van der Waals surface area contributed by atoms with Crippen molar-refractivity contribution in [1.29, 1.82) is 0 Å². The van der Waals surface area contributed by atoms with E-state index in [0.29, 0.717) is 22.4 Å². The van der Waals surface area contributed by atoms with Crippen molar-refractivity contribution in [3.05, 3.63) is 71.8 Å². The molecule has 7 heteroatoms. The molecule has 0 bridgehead atoms. The smallest absolute Gasteiger partial charge is 0.412 e. The molecule has 0 radical (unpaired) electrons. The highest BCUT2D eigenvalue weighted by atomic mass is 32.1. The topological polar surface area (TPSA) is 75.6 Å². The van der Waals surface area contributed by atoms with Crippen LogP contribution in [0.2, 0.25) is 0 Å². The predicted molar refractivity (Wildman–Crippen MR) is 121 cm³/mol. The van der Waals surface area contributed by atoms with Crippen LogP contribution in [0.15, 0.2) is 65.8 Å². The number of allylic oxidation sites excluding steroid dienone is 1. The molecule has 1 aromatic heterocycles. The molecule has 0 saturated heterocycles. The zero-order chi connectivity index (χ0) is 20.5. The van der Waals surface area contributed by atoms with Crippen molar-refractivity contribution in [2.45, 2.75) is 13.8 Å². The maximum absolute atomic E-state index is 11.9. The van der Waals surface area contributed by atoms with Gasteiger partial charge in [0.05, 0.1) is 6.61 Å². The number of carbonyl (C=O) groups is 1. The number of amides is 1. The summed E-state index contributed by atoms with van der Waals surface area (Å²) in [5.74, 6) is 0. The molecule has 0 atom stereocenters. The lowest BCUT2D eigenvalue weighted by molar-refractivity contribution is 0.168. The van der Waals surface area contributed by atoms with Gasteiger partial charge in [0.25, 0.3) is 0 Å². The van der Waals surface area contributed by atoms with E-state index in [4.69, 9.17) is 4.74 Å². The third-order valence-corrected chi connectivity index (χ3v) is 4.73. The highest BCUT2D eigenvalue weighted by molar-refractivity contribution is 7.20. The Morgan fingerprint density at radius 3 is 2.66 bits per heavy atom. The van der Waals surface area contributed by atoms with Crippen molar-refractivity contribution in [3.8, 4) is 11.3 Å². The number of aryl methyl sites for hydroxylation is 1. The fourth-order valence-electron chi connectivity index (χ4n) is 2.47. The number of rotatable bonds is 7. The number of thiazole rings is 1. The van der Waals surface area contributed by atoms with Crippen LogP contribution in [0.1, 0.15) is 18.1 Å². The molecular formula is C22H22N4O2S. The second kappa shape index (κ2) is 10.2. The Morgan fingerprint density at radius 1 is 1.17 bits per heavy atom. The first-order valence-electron chi connectivity index (χ1n) is 9.18. The van der Waals surface area contributed by atoms with Crippen LogP contribution in [0, 0.1) is 6.92 Å². The van der Waals surface area contributed by atoms with E-state index in [1.807, 2.05) is 73.7 Å². The maximum Gasteiger partial charge on any atom is 0.412 e. The number of anilines is 2. The molecule has 6 nitrogen and oxygen atoms in total. The van der Waals surface area contributed by atoms with Gasteiger partial charge in [-0.2, -0.15) is 5.10 Å². The molecule has 0 spiro atoms. The number of hydrazone groups is 1. The first kappa shape index (κ1) is 20.3. The Morgan fingerprint density at radius 2 is 1.93 bits per heavy atom. The van der Waals surface area contributed by atoms with Crippen molar-refractivity contribution < 1.29 is 9.53 Å². The Kier molecular flexibility index (Phi) is 7.13. The first-order chi connectivity index (χ1) is 14.2. The summed E-state index contributed by atoms with van der Waals surface area (Å²) in [7, 11) is 0. The van der Waals surface area contributed by atoms with Gasteiger partial charge < -0.3 is 4.74 Å². The molecule has 29 heavy (non-hydrogen) atoms. The molecule has 3 rings (SSSR count). The normalized spacial score (nSPS) is 11.1. The molecule has 0 aliphatic carbocycles. The summed E-state index contributed by atoms with van der Waals surface area (Å²) < 4.78 is 4.99. The van der Waals surface area contributed by atoms with Crippen LogP contribution in [-0.2, 0) is 4.74 Å². The van der Waals surface area contributed by atoms with Gasteiger partial charge in [0.1, 0.15) is 10.7 Å². The fourth-order valence-corrected chi connectivity index (χ4v) is 3.30. The summed E-state index contributed by atoms with van der Waals surface area (Å²) in [6.45, 7) is 4.08. The molecule has 3 aromatic rings. The first-order valence-corrected chi connectivity index (χ1v) is 10.00. The van der Waals surface area contributed by atoms with Gasteiger partial charge in [-0.15, -0.1) is 0 Å². The molecule has 0 aliphatic rings. The van der Waals surface area contributed by atoms with E-state index >= 15 is 0 Å². The van der Waals surface area contributed by atoms with Crippen LogP contribution >= 0.6 is 11.3 Å². The zero-order valence-electron chi connectivity index (χ0n) is 16.3. The summed E-state index contributed by atoms with van der Waals surface area (Å²) in [5, 5.41) is 8.10. The maximum atomic E-state index is 11.9. The molecular weight excluding hydrogens is 384 g/mol. The third-order valence-electron chi connectivity index (χ3n) is 3.85. The molecule has 2 N–H and O–H groups in total. The monoisotopic (exact) mass is 406 g/mol. The van der Waals surface area contributed by atoms with Crippen molar-refractivity contribution in [3.63, 3.8) is 0 Å². The Bertz CT molecular complexity index is 995. The van der Waals surface area contributed by atoms with Gasteiger partial charge in [-0.1, -0.05) is 77.6 Å². The summed E-state index contributed by atoms with van der Waals surface area (Å²) >= 11 is 1.30. The third kappa shape index (κ3) is 6.02. The molecule has 1 heterocycles. The number of nitrogens with one attached hydrogen (secondary N) is 2. The number of hydrogen-bond donors (Lipinski definition) is 2. The van der Waals surface area contributed by atoms with E-state index in [-0.39, 0.29) is 0 Å². The van der Waals surface area contributed by atoms with Gasteiger partial charge >= 0.3 is 6.09 Å². The molecule has 2 aromatic carbocycles. The van der Waals surface area contributed by atoms with Crippen molar-refractivity contribution >= 4 is 39.9 Å². The van der Waals surface area contributed by atoms with E-state index in [0.717, 1.165) is 16.7 Å². The van der Waals surface area contributed by atoms with Gasteiger partial charge in [0.2, 0.25) is 5.13 Å². The highest BCUT2D eigenvalue weighted by Crippen LogP contribution is 2.36. The quantitative estimate of drug-likeness (QED) is 0.384. The lowest BCUT2D eigenvalue weighted by Gasteiger charge is -2.05. The average Bonchev–Trinajstić information content (AvgIpc) is 3.11. The van der Waals surface area contributed by atoms with Crippen molar-refractivity contribution in [1.82, 2.24) is 4.98 Å². The number of ether oxygens (including phenoxy) is 1.